The molecule has 0 aliphatic carbocycles. The van der Waals surface area contributed by atoms with Crippen molar-refractivity contribution in [3.05, 3.63) is 66.0 Å². The average Bonchev–Trinajstić information content (AvgIpc) is 3.03. The molecule has 124 valence electrons. The lowest BCUT2D eigenvalue weighted by atomic mass is 10.0. The first-order chi connectivity index (χ1) is 11.7. The van der Waals surface area contributed by atoms with Gasteiger partial charge in [0.1, 0.15) is 0 Å². The van der Waals surface area contributed by atoms with Gasteiger partial charge in [0, 0.05) is 26.2 Å². The number of nitrogens with one attached hydrogen (secondary N) is 1. The van der Waals surface area contributed by atoms with Crippen LogP contribution in [0.4, 0.5) is 0 Å². The van der Waals surface area contributed by atoms with E-state index < -0.39 is 0 Å². The second-order valence-electron chi connectivity index (χ2n) is 5.98. The van der Waals surface area contributed by atoms with Gasteiger partial charge in [0.25, 0.3) is 0 Å². The van der Waals surface area contributed by atoms with E-state index in [1.165, 1.54) is 5.39 Å². The van der Waals surface area contributed by atoms with Gasteiger partial charge in [0.2, 0.25) is 5.91 Å². The Kier molecular flexibility index (Phi) is 4.91. The van der Waals surface area contributed by atoms with Crippen molar-refractivity contribution in [2.45, 2.75) is 18.9 Å². The van der Waals surface area contributed by atoms with Gasteiger partial charge < -0.3 is 11.1 Å². The molecule has 24 heavy (non-hydrogen) atoms. The number of carbonyl (C=O) groups is 1. The Labute approximate surface area is 141 Å². The zero-order chi connectivity index (χ0) is 16.9. The third-order valence-electron chi connectivity index (χ3n) is 4.15. The summed E-state index contributed by atoms with van der Waals surface area (Å²) in [5.41, 5.74) is 7.97. The predicted octanol–water partition coefficient (Wildman–Crippen LogP) is 2.32. The minimum absolute atomic E-state index is 0.00228. The van der Waals surface area contributed by atoms with Crippen LogP contribution in [0, 0.1) is 0 Å². The maximum atomic E-state index is 12.2. The Morgan fingerprint density at radius 3 is 2.75 bits per heavy atom. The molecular weight excluding hydrogens is 300 g/mol. The van der Waals surface area contributed by atoms with Gasteiger partial charge in [-0.15, -0.1) is 0 Å². The Bertz CT molecular complexity index is 840. The van der Waals surface area contributed by atoms with E-state index in [4.69, 9.17) is 5.73 Å². The third kappa shape index (κ3) is 3.81. The molecule has 1 amide bonds. The van der Waals surface area contributed by atoms with Gasteiger partial charge in [0.15, 0.2) is 0 Å². The lowest BCUT2D eigenvalue weighted by molar-refractivity contribution is -0.121. The highest BCUT2D eigenvalue weighted by Crippen LogP contribution is 2.20. The number of aryl methyl sites for hydroxylation is 2. The summed E-state index contributed by atoms with van der Waals surface area (Å²) in [6, 6.07) is 14.2. The molecule has 1 atom stereocenters. The van der Waals surface area contributed by atoms with Gasteiger partial charge in [-0.05, 0) is 34.4 Å². The number of benzene rings is 2. The van der Waals surface area contributed by atoms with E-state index in [0.717, 1.165) is 16.5 Å². The summed E-state index contributed by atoms with van der Waals surface area (Å²) < 4.78 is 1.74. The van der Waals surface area contributed by atoms with Crippen molar-refractivity contribution in [2.75, 3.05) is 6.54 Å². The molecule has 5 nitrogen and oxygen atoms in total. The maximum absolute atomic E-state index is 12.2. The van der Waals surface area contributed by atoms with Crippen LogP contribution in [0.5, 0.6) is 0 Å². The van der Waals surface area contributed by atoms with E-state index in [9.17, 15) is 4.79 Å². The average molecular weight is 322 g/mol. The van der Waals surface area contributed by atoms with E-state index in [2.05, 4.69) is 34.7 Å². The van der Waals surface area contributed by atoms with Crippen molar-refractivity contribution in [1.82, 2.24) is 15.1 Å². The molecule has 2 aromatic carbocycles. The molecule has 5 heteroatoms. The molecule has 1 unspecified atom stereocenters. The van der Waals surface area contributed by atoms with Gasteiger partial charge in [-0.25, -0.2) is 0 Å². The second-order valence-corrected chi connectivity index (χ2v) is 5.98. The van der Waals surface area contributed by atoms with Crippen LogP contribution in [0.1, 0.15) is 23.6 Å². The number of carbonyl (C=O) groups excluding carboxylic acids is 1. The largest absolute Gasteiger partial charge is 0.348 e. The molecule has 3 N–H and O–H groups in total. The van der Waals surface area contributed by atoms with Gasteiger partial charge in [-0.2, -0.15) is 5.10 Å². The smallest absolute Gasteiger partial charge is 0.220 e. The topological polar surface area (TPSA) is 72.9 Å². The molecule has 3 rings (SSSR count). The van der Waals surface area contributed by atoms with Crippen LogP contribution in [-0.4, -0.2) is 22.2 Å². The van der Waals surface area contributed by atoms with Gasteiger partial charge in [0.05, 0.1) is 12.2 Å². The molecule has 0 aliphatic rings. The number of hydrogen-bond donors (Lipinski definition) is 2. The molecule has 0 saturated heterocycles. The first-order valence-electron chi connectivity index (χ1n) is 8.11. The Balaban J connectivity index is 1.65. The third-order valence-corrected chi connectivity index (χ3v) is 4.15. The summed E-state index contributed by atoms with van der Waals surface area (Å²) in [4.78, 5) is 12.2. The molecule has 0 saturated carbocycles. The molecule has 3 aromatic rings. The number of aromatic nitrogens is 2. The Morgan fingerprint density at radius 2 is 2.04 bits per heavy atom. The summed E-state index contributed by atoms with van der Waals surface area (Å²) in [6.45, 7) is 0.372. The highest BCUT2D eigenvalue weighted by atomic mass is 16.1. The first-order valence-corrected chi connectivity index (χ1v) is 8.11. The fraction of sp³-hybridized carbons (Fsp3) is 0.263. The number of amides is 1. The molecular formula is C19H22N4O. The van der Waals surface area contributed by atoms with Crippen molar-refractivity contribution < 1.29 is 4.79 Å². The molecule has 0 aliphatic heterocycles. The molecule has 1 aromatic heterocycles. The van der Waals surface area contributed by atoms with Crippen molar-refractivity contribution >= 4 is 16.7 Å². The summed E-state index contributed by atoms with van der Waals surface area (Å²) in [5, 5.41) is 9.48. The van der Waals surface area contributed by atoms with Gasteiger partial charge >= 0.3 is 0 Å². The van der Waals surface area contributed by atoms with Crippen LogP contribution < -0.4 is 11.1 Å². The fourth-order valence-electron chi connectivity index (χ4n) is 2.83. The molecule has 0 spiro atoms. The highest BCUT2D eigenvalue weighted by Gasteiger charge is 2.13. The van der Waals surface area contributed by atoms with E-state index in [1.54, 1.807) is 10.9 Å². The quantitative estimate of drug-likeness (QED) is 0.731. The standard InChI is InChI=1S/C19H22N4O/c1-23-13-14(12-21-23)6-9-19(24)22-18(11-20)17-8-7-15-4-2-3-5-16(15)10-17/h2-5,7-8,10,12-13,18H,6,9,11,20H2,1H3,(H,22,24). The monoisotopic (exact) mass is 322 g/mol. The van der Waals surface area contributed by atoms with Crippen LogP contribution in [0.15, 0.2) is 54.9 Å². The maximum Gasteiger partial charge on any atom is 0.220 e. The Morgan fingerprint density at radius 1 is 1.25 bits per heavy atom. The SMILES string of the molecule is Cn1cc(CCC(=O)NC(CN)c2ccc3ccccc3c2)cn1. The Hall–Kier alpha value is -2.66. The number of nitrogens with zero attached hydrogens (tertiary/aromatic N) is 2. The van der Waals surface area contributed by atoms with Crippen LogP contribution >= 0.6 is 0 Å². The fourth-order valence-corrected chi connectivity index (χ4v) is 2.83. The molecule has 1 heterocycles. The lowest BCUT2D eigenvalue weighted by Crippen LogP contribution is -2.33. The molecule has 0 fully saturated rings. The summed E-state index contributed by atoms with van der Waals surface area (Å²) in [7, 11) is 1.87. The highest BCUT2D eigenvalue weighted by molar-refractivity contribution is 5.83. The van der Waals surface area contributed by atoms with Crippen LogP contribution in [-0.2, 0) is 18.3 Å². The summed E-state index contributed by atoms with van der Waals surface area (Å²) in [5.74, 6) is 0.00228. The van der Waals surface area contributed by atoms with Crippen LogP contribution in [0.3, 0.4) is 0 Å². The molecule has 0 bridgehead atoms. The van der Waals surface area contributed by atoms with Crippen molar-refractivity contribution in [1.29, 1.82) is 0 Å². The lowest BCUT2D eigenvalue weighted by Gasteiger charge is -2.18. The summed E-state index contributed by atoms with van der Waals surface area (Å²) >= 11 is 0. The van der Waals surface area contributed by atoms with E-state index in [0.29, 0.717) is 19.4 Å². The second kappa shape index (κ2) is 7.27. The number of nitrogens with two attached hydrogens (primary N) is 1. The van der Waals surface area contributed by atoms with Crippen LogP contribution in [0.25, 0.3) is 10.8 Å². The predicted molar refractivity (Wildman–Crippen MR) is 95.4 cm³/mol. The summed E-state index contributed by atoms with van der Waals surface area (Å²) in [6.07, 6.45) is 4.82. The van der Waals surface area contributed by atoms with E-state index >= 15 is 0 Å². The van der Waals surface area contributed by atoms with E-state index in [1.807, 2.05) is 31.4 Å². The van der Waals surface area contributed by atoms with Crippen molar-refractivity contribution in [3.8, 4) is 0 Å². The van der Waals surface area contributed by atoms with Gasteiger partial charge in [-0.1, -0.05) is 36.4 Å². The number of rotatable bonds is 6. The minimum Gasteiger partial charge on any atom is -0.348 e. The molecule has 0 radical (unpaired) electrons. The zero-order valence-corrected chi connectivity index (χ0v) is 13.8. The normalized spacial score (nSPS) is 12.2. The van der Waals surface area contributed by atoms with Crippen LogP contribution in [0.2, 0.25) is 0 Å². The van der Waals surface area contributed by atoms with E-state index in [-0.39, 0.29) is 11.9 Å². The minimum atomic E-state index is -0.170. The number of fused-ring (bicyclic) bond motifs is 1. The van der Waals surface area contributed by atoms with Crippen molar-refractivity contribution in [2.24, 2.45) is 12.8 Å². The van der Waals surface area contributed by atoms with Gasteiger partial charge in [-0.3, -0.25) is 9.48 Å². The zero-order valence-electron chi connectivity index (χ0n) is 13.8. The van der Waals surface area contributed by atoms with Crippen molar-refractivity contribution in [3.63, 3.8) is 0 Å². The number of hydrogen-bond acceptors (Lipinski definition) is 3. The first kappa shape index (κ1) is 16.2.